The van der Waals surface area contributed by atoms with Gasteiger partial charge >= 0.3 is 0 Å². The van der Waals surface area contributed by atoms with E-state index >= 15 is 0 Å². The van der Waals surface area contributed by atoms with Crippen molar-refractivity contribution in [3.8, 4) is 23.6 Å². The summed E-state index contributed by atoms with van der Waals surface area (Å²) in [6.45, 7) is 3.36. The van der Waals surface area contributed by atoms with Crippen molar-refractivity contribution in [2.24, 2.45) is 0 Å². The van der Waals surface area contributed by atoms with Gasteiger partial charge in [-0.3, -0.25) is 4.68 Å². The Labute approximate surface area is 112 Å². The van der Waals surface area contributed by atoms with Crippen molar-refractivity contribution >= 4 is 5.82 Å². The Hall–Kier alpha value is -2.22. The fraction of sp³-hybridized carbons (Fsp3) is 0.429. The minimum absolute atomic E-state index is 0.479. The molecule has 0 unspecified atom stereocenters. The van der Waals surface area contributed by atoms with Crippen LogP contribution in [0.4, 0.5) is 5.82 Å². The van der Waals surface area contributed by atoms with Crippen LogP contribution in [0.3, 0.4) is 0 Å². The van der Waals surface area contributed by atoms with E-state index in [0.29, 0.717) is 18.3 Å². The average molecular weight is 255 g/mol. The number of aromatic nitrogens is 4. The van der Waals surface area contributed by atoms with Crippen LogP contribution in [-0.4, -0.2) is 19.3 Å². The molecule has 0 amide bonds. The third-order valence-corrected chi connectivity index (χ3v) is 3.46. The second kappa shape index (κ2) is 4.47. The Morgan fingerprint density at radius 3 is 2.89 bits per heavy atom. The lowest BCUT2D eigenvalue weighted by atomic mass is 10.2. The number of hydrogen-bond donors (Lipinski definition) is 1. The molecule has 0 aromatic carbocycles. The molecule has 1 aliphatic carbocycles. The Morgan fingerprint density at radius 1 is 1.53 bits per heavy atom. The summed E-state index contributed by atoms with van der Waals surface area (Å²) in [4.78, 5) is 4.70. The van der Waals surface area contributed by atoms with E-state index in [1.54, 1.807) is 6.20 Å². The molecule has 3 rings (SSSR count). The number of aryl methyl sites for hydroxylation is 1. The molecule has 0 bridgehead atoms. The molecule has 2 N–H and O–H groups in total. The van der Waals surface area contributed by atoms with Crippen LogP contribution in [0.5, 0.6) is 0 Å². The molecular formula is C14H17N5. The fourth-order valence-corrected chi connectivity index (χ4v) is 2.27. The molecule has 0 spiro atoms. The lowest BCUT2D eigenvalue weighted by molar-refractivity contribution is 0.660. The van der Waals surface area contributed by atoms with Crippen LogP contribution < -0.4 is 5.73 Å². The maximum Gasteiger partial charge on any atom is 0.132 e. The normalized spacial score (nSPS) is 14.5. The number of nitrogens with two attached hydrogens (primary N) is 1. The van der Waals surface area contributed by atoms with Gasteiger partial charge in [0.2, 0.25) is 0 Å². The second-order valence-electron chi connectivity index (χ2n) is 4.85. The van der Waals surface area contributed by atoms with Gasteiger partial charge in [0, 0.05) is 24.2 Å². The van der Waals surface area contributed by atoms with Crippen LogP contribution >= 0.6 is 0 Å². The topological polar surface area (TPSA) is 61.7 Å². The summed E-state index contributed by atoms with van der Waals surface area (Å²) in [6, 6.07) is 0. The molecule has 2 heterocycles. The van der Waals surface area contributed by atoms with E-state index in [4.69, 9.17) is 17.1 Å². The van der Waals surface area contributed by atoms with Crippen LogP contribution in [-0.2, 0) is 13.1 Å². The number of hydrogen-bond acceptors (Lipinski definition) is 3. The smallest absolute Gasteiger partial charge is 0.132 e. The average Bonchev–Trinajstić information content (AvgIpc) is 3.06. The van der Waals surface area contributed by atoms with Crippen molar-refractivity contribution in [1.29, 1.82) is 0 Å². The minimum atomic E-state index is 0.479. The van der Waals surface area contributed by atoms with Crippen molar-refractivity contribution in [2.45, 2.75) is 38.8 Å². The van der Waals surface area contributed by atoms with E-state index in [0.717, 1.165) is 23.6 Å². The molecule has 2 aromatic rings. The third-order valence-electron chi connectivity index (χ3n) is 3.46. The second-order valence-corrected chi connectivity index (χ2v) is 4.85. The van der Waals surface area contributed by atoms with Crippen molar-refractivity contribution in [2.75, 3.05) is 5.73 Å². The lowest BCUT2D eigenvalue weighted by Crippen LogP contribution is -2.05. The van der Waals surface area contributed by atoms with Gasteiger partial charge in [-0.1, -0.05) is 5.92 Å². The molecule has 1 saturated carbocycles. The summed E-state index contributed by atoms with van der Waals surface area (Å²) in [5.41, 5.74) is 7.96. The number of nitrogens with zero attached hydrogens (tertiary/aromatic N) is 4. The predicted octanol–water partition coefficient (Wildman–Crippen LogP) is 1.86. The van der Waals surface area contributed by atoms with E-state index in [2.05, 4.69) is 11.0 Å². The Morgan fingerprint density at radius 2 is 2.32 bits per heavy atom. The first-order valence-corrected chi connectivity index (χ1v) is 6.56. The highest BCUT2D eigenvalue weighted by Gasteiger charge is 2.31. The summed E-state index contributed by atoms with van der Waals surface area (Å²) in [5, 5.41) is 4.27. The van der Waals surface area contributed by atoms with Gasteiger partial charge in [0.1, 0.15) is 17.3 Å². The van der Waals surface area contributed by atoms with Gasteiger partial charge in [0.25, 0.3) is 0 Å². The number of terminal acetylenes is 1. The van der Waals surface area contributed by atoms with Crippen LogP contribution in [0, 0.1) is 12.3 Å². The maximum absolute atomic E-state index is 6.21. The number of anilines is 1. The van der Waals surface area contributed by atoms with Gasteiger partial charge in [-0.2, -0.15) is 5.10 Å². The third kappa shape index (κ3) is 1.99. The fourth-order valence-electron chi connectivity index (χ4n) is 2.27. The van der Waals surface area contributed by atoms with E-state index in [-0.39, 0.29) is 0 Å². The zero-order valence-electron chi connectivity index (χ0n) is 11.0. The highest BCUT2D eigenvalue weighted by molar-refractivity contribution is 5.70. The predicted molar refractivity (Wildman–Crippen MR) is 74.3 cm³/mol. The Kier molecular flexibility index (Phi) is 2.79. The Balaban J connectivity index is 2.06. The molecular weight excluding hydrogens is 238 g/mol. The molecule has 5 heteroatoms. The first-order valence-electron chi connectivity index (χ1n) is 6.56. The first-order chi connectivity index (χ1) is 9.24. The van der Waals surface area contributed by atoms with Gasteiger partial charge in [-0.15, -0.1) is 6.42 Å². The largest absolute Gasteiger partial charge is 0.383 e. The number of imidazole rings is 1. The first kappa shape index (κ1) is 11.8. The van der Waals surface area contributed by atoms with E-state index in [1.807, 2.05) is 22.4 Å². The van der Waals surface area contributed by atoms with Gasteiger partial charge in [-0.25, -0.2) is 4.98 Å². The Bertz CT molecular complexity index is 639. The maximum atomic E-state index is 6.21. The highest BCUT2D eigenvalue weighted by atomic mass is 15.3. The van der Waals surface area contributed by atoms with Crippen molar-refractivity contribution in [3.05, 3.63) is 18.2 Å². The van der Waals surface area contributed by atoms with Crippen molar-refractivity contribution < 1.29 is 0 Å². The molecule has 98 valence electrons. The standard InChI is InChI=1S/C14H17N5/c1-3-7-19-13(15)12(17-14(19)10-5-6-10)11-8-16-18(4-2)9-11/h1,8-10H,4-7,15H2,2H3. The summed E-state index contributed by atoms with van der Waals surface area (Å²) < 4.78 is 3.82. The molecule has 19 heavy (non-hydrogen) atoms. The summed E-state index contributed by atoms with van der Waals surface area (Å²) >= 11 is 0. The van der Waals surface area contributed by atoms with Crippen molar-refractivity contribution in [3.63, 3.8) is 0 Å². The minimum Gasteiger partial charge on any atom is -0.383 e. The number of nitrogen functional groups attached to an aromatic ring is 1. The zero-order chi connectivity index (χ0) is 13.4. The van der Waals surface area contributed by atoms with Gasteiger partial charge in [0.05, 0.1) is 12.7 Å². The molecule has 0 saturated heterocycles. The highest BCUT2D eigenvalue weighted by Crippen LogP contribution is 2.42. The summed E-state index contributed by atoms with van der Waals surface area (Å²) in [7, 11) is 0. The quantitative estimate of drug-likeness (QED) is 0.848. The number of rotatable bonds is 4. The zero-order valence-corrected chi connectivity index (χ0v) is 11.0. The molecule has 5 nitrogen and oxygen atoms in total. The van der Waals surface area contributed by atoms with E-state index in [9.17, 15) is 0 Å². The van der Waals surface area contributed by atoms with Crippen LogP contribution in [0.25, 0.3) is 11.3 Å². The summed E-state index contributed by atoms with van der Waals surface area (Å²) in [5.74, 6) is 4.84. The van der Waals surface area contributed by atoms with Gasteiger partial charge in [-0.05, 0) is 19.8 Å². The summed E-state index contributed by atoms with van der Waals surface area (Å²) in [6.07, 6.45) is 11.5. The van der Waals surface area contributed by atoms with Crippen LogP contribution in [0.1, 0.15) is 31.5 Å². The molecule has 0 radical (unpaired) electrons. The van der Waals surface area contributed by atoms with E-state index < -0.39 is 0 Å². The molecule has 0 atom stereocenters. The van der Waals surface area contributed by atoms with Crippen LogP contribution in [0.2, 0.25) is 0 Å². The van der Waals surface area contributed by atoms with Crippen LogP contribution in [0.15, 0.2) is 12.4 Å². The van der Waals surface area contributed by atoms with Gasteiger partial charge < -0.3 is 10.3 Å². The molecule has 0 aliphatic heterocycles. The SMILES string of the molecule is C#CCn1c(C2CC2)nc(-c2cnn(CC)c2)c1N. The van der Waals surface area contributed by atoms with Crippen molar-refractivity contribution in [1.82, 2.24) is 19.3 Å². The molecule has 1 aliphatic rings. The molecule has 1 fully saturated rings. The van der Waals surface area contributed by atoms with E-state index in [1.165, 1.54) is 12.8 Å². The molecule has 2 aromatic heterocycles. The van der Waals surface area contributed by atoms with Gasteiger partial charge in [0.15, 0.2) is 0 Å². The lowest BCUT2D eigenvalue weighted by Gasteiger charge is -2.04. The monoisotopic (exact) mass is 255 g/mol.